The van der Waals surface area contributed by atoms with E-state index >= 15 is 0 Å². The molecule has 1 amide bonds. The number of hydrogen-bond donors (Lipinski definition) is 2. The van der Waals surface area contributed by atoms with Gasteiger partial charge in [-0.1, -0.05) is 13.3 Å². The number of nitrogens with two attached hydrogens (primary N) is 1. The van der Waals surface area contributed by atoms with Crippen LogP contribution in [0.3, 0.4) is 0 Å². The van der Waals surface area contributed by atoms with E-state index in [0.29, 0.717) is 5.69 Å². The highest BCUT2D eigenvalue weighted by molar-refractivity contribution is 8.00. The Morgan fingerprint density at radius 2 is 2.00 bits per heavy atom. The number of anilines is 1. The van der Waals surface area contributed by atoms with E-state index in [-0.39, 0.29) is 16.1 Å². The maximum absolute atomic E-state index is 12.2. The Hall–Kier alpha value is -1.05. The molecule has 0 spiro atoms. The number of hydrogen-bond acceptors (Lipinski definition) is 4. The van der Waals surface area contributed by atoms with E-state index in [9.17, 15) is 13.2 Å². The molecule has 1 atom stereocenters. The lowest BCUT2D eigenvalue weighted by molar-refractivity contribution is -0.115. The fourth-order valence-corrected chi connectivity index (χ4v) is 3.48. The lowest BCUT2D eigenvalue weighted by Gasteiger charge is -2.15. The second kappa shape index (κ2) is 7.99. The molecule has 0 saturated heterocycles. The van der Waals surface area contributed by atoms with Gasteiger partial charge in [0.2, 0.25) is 15.9 Å². The molecule has 0 saturated carbocycles. The molecule has 0 aliphatic rings. The van der Waals surface area contributed by atoms with Crippen LogP contribution < -0.4 is 10.5 Å². The zero-order valence-corrected chi connectivity index (χ0v) is 15.1. The van der Waals surface area contributed by atoms with Crippen LogP contribution in [0.2, 0.25) is 0 Å². The fraction of sp³-hybridized carbons (Fsp3) is 0.533. The molecule has 1 aromatic carbocycles. The smallest absolute Gasteiger partial charge is 0.238 e. The van der Waals surface area contributed by atoms with Crippen LogP contribution in [0.25, 0.3) is 0 Å². The third kappa shape index (κ3) is 5.30. The minimum atomic E-state index is -3.79. The number of benzene rings is 1. The number of thioether (sulfide) groups is 1. The van der Waals surface area contributed by atoms with Crippen molar-refractivity contribution in [2.75, 3.05) is 11.1 Å². The summed E-state index contributed by atoms with van der Waals surface area (Å²) in [5.41, 5.74) is 2.11. The molecule has 1 rings (SSSR count). The summed E-state index contributed by atoms with van der Waals surface area (Å²) in [5, 5.41) is 7.79. The van der Waals surface area contributed by atoms with Crippen molar-refractivity contribution in [1.29, 1.82) is 0 Å². The lowest BCUT2D eigenvalue weighted by atomic mass is 10.1. The number of carbonyl (C=O) groups excluding carboxylic acids is 1. The number of carbonyl (C=O) groups is 1. The van der Waals surface area contributed by atoms with E-state index in [1.54, 1.807) is 18.7 Å². The van der Waals surface area contributed by atoms with Crippen LogP contribution in [0.4, 0.5) is 5.69 Å². The van der Waals surface area contributed by atoms with Crippen molar-refractivity contribution < 1.29 is 13.2 Å². The number of unbranched alkanes of at least 4 members (excludes halogenated alkanes) is 1. The molecule has 0 aliphatic carbocycles. The van der Waals surface area contributed by atoms with Crippen LogP contribution in [-0.2, 0) is 14.8 Å². The predicted octanol–water partition coefficient (Wildman–Crippen LogP) is 2.81. The first-order valence-electron chi connectivity index (χ1n) is 7.23. The lowest BCUT2D eigenvalue weighted by Crippen LogP contribution is -2.24. The quantitative estimate of drug-likeness (QED) is 0.744. The van der Waals surface area contributed by atoms with E-state index in [2.05, 4.69) is 12.2 Å². The number of amides is 1. The van der Waals surface area contributed by atoms with Crippen LogP contribution in [0.5, 0.6) is 0 Å². The Bertz CT molecular complexity index is 642. The van der Waals surface area contributed by atoms with Gasteiger partial charge in [-0.25, -0.2) is 13.6 Å². The van der Waals surface area contributed by atoms with Gasteiger partial charge in [0.15, 0.2) is 0 Å². The normalized spacial score (nSPS) is 13.0. The molecule has 1 unspecified atom stereocenters. The highest BCUT2D eigenvalue weighted by Gasteiger charge is 2.17. The van der Waals surface area contributed by atoms with Gasteiger partial charge in [-0.05, 0) is 56.2 Å². The second-order valence-corrected chi connectivity index (χ2v) is 8.32. The highest BCUT2D eigenvalue weighted by atomic mass is 32.2. The molecular formula is C15H24N2O3S2. The topological polar surface area (TPSA) is 89.3 Å². The van der Waals surface area contributed by atoms with Gasteiger partial charge in [0, 0.05) is 5.69 Å². The first kappa shape index (κ1) is 19.0. The Morgan fingerprint density at radius 3 is 2.55 bits per heavy atom. The Morgan fingerprint density at radius 1 is 1.36 bits per heavy atom. The molecule has 22 heavy (non-hydrogen) atoms. The first-order valence-corrected chi connectivity index (χ1v) is 9.82. The number of primary sulfonamides is 1. The number of sulfonamides is 1. The minimum Gasteiger partial charge on any atom is -0.325 e. The molecule has 0 aromatic heterocycles. The van der Waals surface area contributed by atoms with Crippen LogP contribution in [0.1, 0.15) is 37.8 Å². The van der Waals surface area contributed by atoms with Crippen molar-refractivity contribution in [2.45, 2.75) is 50.7 Å². The van der Waals surface area contributed by atoms with Crippen molar-refractivity contribution in [3.05, 3.63) is 23.3 Å². The molecule has 0 fully saturated rings. The average Bonchev–Trinajstić information content (AvgIpc) is 2.42. The largest absolute Gasteiger partial charge is 0.325 e. The fourth-order valence-electron chi connectivity index (χ4n) is 1.83. The van der Waals surface area contributed by atoms with Gasteiger partial charge in [0.05, 0.1) is 10.1 Å². The maximum atomic E-state index is 12.2. The third-order valence-electron chi connectivity index (χ3n) is 3.46. The summed E-state index contributed by atoms with van der Waals surface area (Å²) in [4.78, 5) is 12.2. The Balaban J connectivity index is 2.93. The summed E-state index contributed by atoms with van der Waals surface area (Å²) in [7, 11) is -3.79. The predicted molar refractivity (Wildman–Crippen MR) is 92.7 cm³/mol. The average molecular weight is 345 g/mol. The minimum absolute atomic E-state index is 0.0113. The molecule has 5 nitrogen and oxygen atoms in total. The van der Waals surface area contributed by atoms with Gasteiger partial charge in [-0.3, -0.25) is 4.79 Å². The SMILES string of the molecule is CCCCSC(C)C(=O)Nc1cc(S(N)(=O)=O)cc(C)c1C. The summed E-state index contributed by atoms with van der Waals surface area (Å²) in [5.74, 6) is 0.801. The van der Waals surface area contributed by atoms with Crippen molar-refractivity contribution in [1.82, 2.24) is 0 Å². The Labute approximate surface area is 137 Å². The number of aryl methyl sites for hydroxylation is 1. The van der Waals surface area contributed by atoms with E-state index in [1.165, 1.54) is 12.1 Å². The van der Waals surface area contributed by atoms with E-state index < -0.39 is 10.0 Å². The molecule has 1 aromatic rings. The van der Waals surface area contributed by atoms with E-state index in [0.717, 1.165) is 29.7 Å². The standard InChI is InChI=1S/C15H24N2O3S2/c1-5-6-7-21-12(4)15(18)17-14-9-13(22(16,19)20)8-10(2)11(14)3/h8-9,12H,5-7H2,1-4H3,(H,17,18)(H2,16,19,20). The van der Waals surface area contributed by atoms with Crippen LogP contribution >= 0.6 is 11.8 Å². The summed E-state index contributed by atoms with van der Waals surface area (Å²) >= 11 is 1.59. The number of nitrogens with one attached hydrogen (secondary N) is 1. The third-order valence-corrected chi connectivity index (χ3v) is 5.59. The molecular weight excluding hydrogens is 320 g/mol. The molecule has 0 heterocycles. The van der Waals surface area contributed by atoms with Gasteiger partial charge in [0.25, 0.3) is 0 Å². The van der Waals surface area contributed by atoms with Crippen LogP contribution in [0, 0.1) is 13.8 Å². The van der Waals surface area contributed by atoms with E-state index in [1.807, 2.05) is 13.8 Å². The van der Waals surface area contributed by atoms with Crippen molar-refractivity contribution in [2.24, 2.45) is 5.14 Å². The Kier molecular flexibility index (Phi) is 6.90. The summed E-state index contributed by atoms with van der Waals surface area (Å²) in [6, 6.07) is 2.93. The zero-order chi connectivity index (χ0) is 16.9. The van der Waals surface area contributed by atoms with Gasteiger partial charge >= 0.3 is 0 Å². The molecule has 3 N–H and O–H groups in total. The van der Waals surface area contributed by atoms with Crippen molar-refractivity contribution >= 4 is 33.4 Å². The van der Waals surface area contributed by atoms with Gasteiger partial charge in [0.1, 0.15) is 0 Å². The first-order chi connectivity index (χ1) is 10.2. The maximum Gasteiger partial charge on any atom is 0.238 e. The van der Waals surface area contributed by atoms with E-state index in [4.69, 9.17) is 5.14 Å². The van der Waals surface area contributed by atoms with Crippen molar-refractivity contribution in [3.8, 4) is 0 Å². The summed E-state index contributed by atoms with van der Waals surface area (Å²) < 4.78 is 23.0. The highest BCUT2D eigenvalue weighted by Crippen LogP contribution is 2.24. The summed E-state index contributed by atoms with van der Waals surface area (Å²) in [6.45, 7) is 7.59. The monoisotopic (exact) mass is 344 g/mol. The van der Waals surface area contributed by atoms with Gasteiger partial charge in [-0.15, -0.1) is 11.8 Å². The molecule has 0 radical (unpaired) electrons. The zero-order valence-electron chi connectivity index (χ0n) is 13.5. The second-order valence-electron chi connectivity index (χ2n) is 5.31. The summed E-state index contributed by atoms with van der Waals surface area (Å²) in [6.07, 6.45) is 2.16. The van der Waals surface area contributed by atoms with Crippen LogP contribution in [-0.4, -0.2) is 25.3 Å². The van der Waals surface area contributed by atoms with Gasteiger partial charge in [-0.2, -0.15) is 0 Å². The molecule has 124 valence electrons. The molecule has 0 aliphatic heterocycles. The molecule has 0 bridgehead atoms. The van der Waals surface area contributed by atoms with Gasteiger partial charge < -0.3 is 5.32 Å². The molecule has 7 heteroatoms. The van der Waals surface area contributed by atoms with Crippen LogP contribution in [0.15, 0.2) is 17.0 Å². The van der Waals surface area contributed by atoms with Crippen molar-refractivity contribution in [3.63, 3.8) is 0 Å². The number of rotatable bonds is 7.